The van der Waals surface area contributed by atoms with E-state index in [1.165, 1.54) is 0 Å². The smallest absolute Gasteiger partial charge is 0.256 e. The Bertz CT molecular complexity index is 469. The number of aliphatic hydroxyl groups excluding tert-OH is 1. The monoisotopic (exact) mass is 382 g/mol. The Hall–Kier alpha value is 0.260. The number of hydrogen-bond donors (Lipinski definition) is 5. The summed E-state index contributed by atoms with van der Waals surface area (Å²) in [5.74, 6) is 0.227. The number of nitrogens with one attached hydrogen (secondary N) is 2. The fourth-order valence-electron chi connectivity index (χ4n) is 3.87. The summed E-state index contributed by atoms with van der Waals surface area (Å²) in [6.07, 6.45) is 8.30. The van der Waals surface area contributed by atoms with Gasteiger partial charge in [0.2, 0.25) is 0 Å². The molecular formula is C15H32N2O5P2. The van der Waals surface area contributed by atoms with Crippen LogP contribution in [0.25, 0.3) is 0 Å². The maximum Gasteiger partial charge on any atom is 0.256 e. The molecule has 2 saturated carbocycles. The van der Waals surface area contributed by atoms with E-state index in [2.05, 4.69) is 17.1 Å². The SMILES string of the molecule is CCC(CC(O)CCCCC1(N[PH](=O)O)CC1)C1(N[PH](=O)O)CC1. The van der Waals surface area contributed by atoms with Crippen molar-refractivity contribution in [3.63, 3.8) is 0 Å². The number of rotatable bonds is 13. The van der Waals surface area contributed by atoms with E-state index < -0.39 is 22.5 Å². The summed E-state index contributed by atoms with van der Waals surface area (Å²) in [6, 6.07) is 0. The van der Waals surface area contributed by atoms with E-state index in [9.17, 15) is 14.2 Å². The Labute approximate surface area is 145 Å². The normalized spacial score (nSPS) is 25.7. The van der Waals surface area contributed by atoms with Crippen LogP contribution < -0.4 is 10.2 Å². The van der Waals surface area contributed by atoms with E-state index in [-0.39, 0.29) is 17.0 Å². The molecule has 0 spiro atoms. The first kappa shape index (κ1) is 20.6. The number of hydrogen-bond acceptors (Lipinski definition) is 3. The zero-order chi connectivity index (χ0) is 17.8. The highest BCUT2D eigenvalue weighted by Crippen LogP contribution is 2.48. The van der Waals surface area contributed by atoms with Crippen LogP contribution in [0.3, 0.4) is 0 Å². The van der Waals surface area contributed by atoms with Gasteiger partial charge < -0.3 is 14.9 Å². The van der Waals surface area contributed by atoms with E-state index in [1.54, 1.807) is 0 Å². The Morgan fingerprint density at radius 1 is 1.04 bits per heavy atom. The molecule has 0 aliphatic heterocycles. The van der Waals surface area contributed by atoms with Crippen molar-refractivity contribution in [1.29, 1.82) is 0 Å². The van der Waals surface area contributed by atoms with Gasteiger partial charge in [-0.2, -0.15) is 0 Å². The molecule has 24 heavy (non-hydrogen) atoms. The van der Waals surface area contributed by atoms with Crippen molar-refractivity contribution >= 4 is 16.4 Å². The van der Waals surface area contributed by atoms with Gasteiger partial charge in [0.25, 0.3) is 16.4 Å². The van der Waals surface area contributed by atoms with Crippen molar-refractivity contribution in [3.05, 3.63) is 0 Å². The lowest BCUT2D eigenvalue weighted by Crippen LogP contribution is -2.36. The maximum absolute atomic E-state index is 11.1. The van der Waals surface area contributed by atoms with Crippen LogP contribution in [0.4, 0.5) is 0 Å². The summed E-state index contributed by atoms with van der Waals surface area (Å²) >= 11 is 0. The van der Waals surface area contributed by atoms with Crippen molar-refractivity contribution in [2.24, 2.45) is 5.92 Å². The molecule has 0 heterocycles. The van der Waals surface area contributed by atoms with Crippen molar-refractivity contribution in [3.8, 4) is 0 Å². The van der Waals surface area contributed by atoms with Gasteiger partial charge in [-0.25, -0.2) is 10.2 Å². The second-order valence-electron chi connectivity index (χ2n) is 7.54. The first-order chi connectivity index (χ1) is 11.3. The average Bonchev–Trinajstić information content (AvgIpc) is 3.39. The van der Waals surface area contributed by atoms with E-state index in [1.807, 2.05) is 0 Å². The van der Waals surface area contributed by atoms with Crippen LogP contribution in [0.1, 0.15) is 71.1 Å². The molecule has 0 bridgehead atoms. The van der Waals surface area contributed by atoms with Gasteiger partial charge in [0, 0.05) is 11.1 Å². The van der Waals surface area contributed by atoms with E-state index in [4.69, 9.17) is 9.79 Å². The average molecular weight is 382 g/mol. The summed E-state index contributed by atoms with van der Waals surface area (Å²) in [5, 5.41) is 15.9. The first-order valence-corrected chi connectivity index (χ1v) is 11.7. The highest BCUT2D eigenvalue weighted by atomic mass is 31.1. The van der Waals surface area contributed by atoms with Crippen LogP contribution in [0.5, 0.6) is 0 Å². The highest BCUT2D eigenvalue weighted by molar-refractivity contribution is 7.35. The van der Waals surface area contributed by atoms with Gasteiger partial charge in [-0.15, -0.1) is 0 Å². The Balaban J connectivity index is 1.66. The Morgan fingerprint density at radius 2 is 1.67 bits per heavy atom. The largest absolute Gasteiger partial charge is 0.393 e. The summed E-state index contributed by atoms with van der Waals surface area (Å²) in [5.41, 5.74) is -0.368. The molecule has 2 aliphatic carbocycles. The molecule has 5 N–H and O–H groups in total. The molecule has 0 radical (unpaired) electrons. The van der Waals surface area contributed by atoms with Gasteiger partial charge in [0.05, 0.1) is 6.10 Å². The van der Waals surface area contributed by atoms with E-state index >= 15 is 0 Å². The summed E-state index contributed by atoms with van der Waals surface area (Å²) < 4.78 is 22.0. The molecule has 2 aliphatic rings. The minimum Gasteiger partial charge on any atom is -0.393 e. The van der Waals surface area contributed by atoms with E-state index in [0.29, 0.717) is 12.8 Å². The lowest BCUT2D eigenvalue weighted by molar-refractivity contribution is 0.116. The van der Waals surface area contributed by atoms with Crippen molar-refractivity contribution in [1.82, 2.24) is 10.2 Å². The third-order valence-electron chi connectivity index (χ3n) is 5.64. The molecule has 7 nitrogen and oxygen atoms in total. The van der Waals surface area contributed by atoms with Gasteiger partial charge in [-0.3, -0.25) is 9.13 Å². The Morgan fingerprint density at radius 3 is 2.12 bits per heavy atom. The first-order valence-electron chi connectivity index (χ1n) is 9.01. The van der Waals surface area contributed by atoms with Crippen molar-refractivity contribution < 1.29 is 24.0 Å². The molecule has 0 aromatic heterocycles. The second kappa shape index (κ2) is 8.77. The lowest BCUT2D eigenvalue weighted by atomic mass is 9.88. The molecular weight excluding hydrogens is 350 g/mol. The van der Waals surface area contributed by atoms with Crippen LogP contribution in [-0.2, 0) is 9.13 Å². The second-order valence-corrected chi connectivity index (χ2v) is 9.26. The molecule has 0 saturated heterocycles. The summed E-state index contributed by atoms with van der Waals surface area (Å²) in [4.78, 5) is 18.1. The summed E-state index contributed by atoms with van der Waals surface area (Å²) in [6.45, 7) is 2.06. The molecule has 0 aromatic rings. The van der Waals surface area contributed by atoms with Crippen molar-refractivity contribution in [2.75, 3.05) is 0 Å². The zero-order valence-corrected chi connectivity index (χ0v) is 16.4. The van der Waals surface area contributed by atoms with Gasteiger partial charge in [-0.1, -0.05) is 26.2 Å². The molecule has 0 amide bonds. The molecule has 2 fully saturated rings. The fourth-order valence-corrected chi connectivity index (χ4v) is 5.58. The third-order valence-corrected chi connectivity index (χ3v) is 7.10. The molecule has 0 aromatic carbocycles. The number of unbranched alkanes of at least 4 members (excludes halogenated alkanes) is 1. The lowest BCUT2D eigenvalue weighted by Gasteiger charge is -2.28. The molecule has 4 atom stereocenters. The molecule has 4 unspecified atom stereocenters. The quantitative estimate of drug-likeness (QED) is 0.245. The molecule has 142 valence electrons. The summed E-state index contributed by atoms with van der Waals surface area (Å²) in [7, 11) is -5.31. The topological polar surface area (TPSA) is 119 Å². The van der Waals surface area contributed by atoms with E-state index in [0.717, 1.165) is 51.4 Å². The predicted octanol–water partition coefficient (Wildman–Crippen LogP) is 2.33. The molecule has 2 rings (SSSR count). The maximum atomic E-state index is 11.1. The number of aliphatic hydroxyl groups is 1. The zero-order valence-electron chi connectivity index (χ0n) is 14.4. The minimum atomic E-state index is -2.69. The highest BCUT2D eigenvalue weighted by Gasteiger charge is 2.49. The van der Waals surface area contributed by atoms with Crippen LogP contribution in [0.15, 0.2) is 0 Å². The van der Waals surface area contributed by atoms with Gasteiger partial charge in [0.15, 0.2) is 0 Å². The predicted molar refractivity (Wildman–Crippen MR) is 95.5 cm³/mol. The van der Waals surface area contributed by atoms with Gasteiger partial charge >= 0.3 is 0 Å². The van der Waals surface area contributed by atoms with Crippen LogP contribution in [-0.4, -0.2) is 32.1 Å². The standard InChI is InChI=1S/C15H32N2O5P2/c1-2-12(15(9-10-15)17-24(21)22)11-13(18)5-3-4-6-14(7-8-14)16-23(19)20/h12-13,18,23-24H,2-11H2,1H3,(H2,16,19,20)(H2,17,21,22). The van der Waals surface area contributed by atoms with Gasteiger partial charge in [0.1, 0.15) is 0 Å². The minimum absolute atomic E-state index is 0.128. The van der Waals surface area contributed by atoms with Crippen LogP contribution >= 0.6 is 16.4 Å². The van der Waals surface area contributed by atoms with Crippen LogP contribution in [0, 0.1) is 5.92 Å². The van der Waals surface area contributed by atoms with Gasteiger partial charge in [-0.05, 0) is 50.9 Å². The third kappa shape index (κ3) is 6.21. The fraction of sp³-hybridized carbons (Fsp3) is 1.00. The van der Waals surface area contributed by atoms with Crippen molar-refractivity contribution in [2.45, 2.75) is 88.3 Å². The van der Waals surface area contributed by atoms with Crippen LogP contribution in [0.2, 0.25) is 0 Å². The Kier molecular flexibility index (Phi) is 7.51. The molecule has 9 heteroatoms.